The molecule has 5 aliphatic rings. The van der Waals surface area contributed by atoms with Crippen LogP contribution in [-0.2, 0) is 34.0 Å². The molecule has 2 unspecified atom stereocenters. The van der Waals surface area contributed by atoms with Crippen molar-refractivity contribution in [2.45, 2.75) is 138 Å². The first-order valence-corrected chi connectivity index (χ1v) is 20.7. The topological polar surface area (TPSA) is 152 Å². The molecule has 10 nitrogen and oxygen atoms in total. The van der Waals surface area contributed by atoms with Gasteiger partial charge in [-0.2, -0.15) is 0 Å². The summed E-state index contributed by atoms with van der Waals surface area (Å²) in [6.07, 6.45) is 7.90. The smallest absolute Gasteiger partial charge is 0.285 e. The Hall–Kier alpha value is -2.14. The second kappa shape index (κ2) is 13.4. The van der Waals surface area contributed by atoms with Crippen LogP contribution in [0.25, 0.3) is 0 Å². The highest BCUT2D eigenvalue weighted by Crippen LogP contribution is 2.88. The Kier molecular flexibility index (Phi) is 10.4. The number of primary amides is 1. The van der Waals surface area contributed by atoms with Crippen molar-refractivity contribution in [3.63, 3.8) is 0 Å². The molecule has 11 heteroatoms. The van der Waals surface area contributed by atoms with E-state index in [4.69, 9.17) is 5.73 Å². The molecular formula is C39H63N3O7S. The van der Waals surface area contributed by atoms with E-state index in [-0.39, 0.29) is 76.6 Å². The first-order valence-electron chi connectivity index (χ1n) is 19.1. The third-order valence-corrected chi connectivity index (χ3v) is 16.4. The van der Waals surface area contributed by atoms with Crippen molar-refractivity contribution in [1.82, 2.24) is 9.21 Å². The van der Waals surface area contributed by atoms with Gasteiger partial charge in [-0.1, -0.05) is 81.1 Å². The van der Waals surface area contributed by atoms with E-state index in [2.05, 4.69) is 13.8 Å². The first kappa shape index (κ1) is 39.1. The number of nitrogens with zero attached hydrogens (tertiary/aromatic N) is 2. The van der Waals surface area contributed by atoms with Gasteiger partial charge in [-0.15, -0.1) is 0 Å². The number of carbonyl (C=O) groups is 5. The molecule has 50 heavy (non-hydrogen) atoms. The summed E-state index contributed by atoms with van der Waals surface area (Å²) in [7, 11) is -3.33. The molecule has 2 N–H and O–H groups in total. The van der Waals surface area contributed by atoms with E-state index in [1.165, 1.54) is 4.31 Å². The normalized spacial score (nSPS) is 28.9. The Balaban J connectivity index is 1.39. The van der Waals surface area contributed by atoms with Crippen molar-refractivity contribution < 1.29 is 32.4 Å². The van der Waals surface area contributed by atoms with Gasteiger partial charge in [0.2, 0.25) is 21.7 Å². The van der Waals surface area contributed by atoms with E-state index in [9.17, 15) is 32.4 Å². The van der Waals surface area contributed by atoms with E-state index in [0.717, 1.165) is 38.5 Å². The second-order valence-electron chi connectivity index (χ2n) is 19.4. The van der Waals surface area contributed by atoms with Gasteiger partial charge in [0.1, 0.15) is 5.78 Å². The summed E-state index contributed by atoms with van der Waals surface area (Å²) >= 11 is 0. The maximum atomic E-state index is 14.9. The van der Waals surface area contributed by atoms with Crippen molar-refractivity contribution in [1.29, 1.82) is 0 Å². The number of fused-ring (bicyclic) bond motifs is 1. The lowest BCUT2D eigenvalue weighted by molar-refractivity contribution is -0.147. The Bertz CT molecular complexity index is 1500. The molecule has 5 fully saturated rings. The number of amides is 2. The number of rotatable bonds is 14. The van der Waals surface area contributed by atoms with Crippen LogP contribution < -0.4 is 5.73 Å². The van der Waals surface area contributed by atoms with Crippen LogP contribution in [0.15, 0.2) is 0 Å². The van der Waals surface area contributed by atoms with Gasteiger partial charge < -0.3 is 10.6 Å². The van der Waals surface area contributed by atoms with Crippen LogP contribution >= 0.6 is 0 Å². The molecule has 2 spiro atoms. The monoisotopic (exact) mass is 717 g/mol. The lowest BCUT2D eigenvalue weighted by Crippen LogP contribution is -2.48. The number of Topliss-reactive ketones (excluding diaryl/α,β-unsaturated/α-hetero) is 3. The minimum absolute atomic E-state index is 0.00504. The number of carbonyl (C=O) groups excluding carboxylic acids is 5. The van der Waals surface area contributed by atoms with Gasteiger partial charge in [-0.25, -0.2) is 12.7 Å². The Morgan fingerprint density at radius 2 is 1.50 bits per heavy atom. The lowest BCUT2D eigenvalue weighted by Gasteiger charge is -2.37. The summed E-state index contributed by atoms with van der Waals surface area (Å²) in [5, 5.41) is 0. The maximum absolute atomic E-state index is 14.9. The van der Waals surface area contributed by atoms with Crippen molar-refractivity contribution in [2.75, 3.05) is 25.4 Å². The van der Waals surface area contributed by atoms with E-state index in [1.54, 1.807) is 4.90 Å². The van der Waals surface area contributed by atoms with Gasteiger partial charge in [0, 0.05) is 56.1 Å². The Morgan fingerprint density at radius 1 is 0.860 bits per heavy atom. The molecule has 2 heterocycles. The number of sulfonamides is 1. The third kappa shape index (κ3) is 6.88. The van der Waals surface area contributed by atoms with Crippen LogP contribution in [0.3, 0.4) is 0 Å². The molecule has 5 rings (SSSR count). The van der Waals surface area contributed by atoms with Gasteiger partial charge in [-0.05, 0) is 65.6 Å². The van der Waals surface area contributed by atoms with Crippen molar-refractivity contribution >= 4 is 39.2 Å². The molecular weight excluding hydrogens is 655 g/mol. The molecule has 0 aromatic heterocycles. The minimum atomic E-state index is -3.33. The average Bonchev–Trinajstić information content (AvgIpc) is 3.25. The molecule has 3 saturated carbocycles. The van der Waals surface area contributed by atoms with Crippen LogP contribution in [0.1, 0.15) is 132 Å². The van der Waals surface area contributed by atoms with Crippen molar-refractivity contribution in [3.05, 3.63) is 0 Å². The molecule has 5 atom stereocenters. The number of likely N-dealkylation sites (tertiary alicyclic amines) is 1. The van der Waals surface area contributed by atoms with Crippen molar-refractivity contribution in [2.24, 2.45) is 56.5 Å². The van der Waals surface area contributed by atoms with Gasteiger partial charge in [0.05, 0.1) is 11.8 Å². The Morgan fingerprint density at radius 3 is 1.94 bits per heavy atom. The summed E-state index contributed by atoms with van der Waals surface area (Å²) < 4.78 is 26.8. The second-order valence-corrected chi connectivity index (χ2v) is 21.5. The van der Waals surface area contributed by atoms with Gasteiger partial charge in [0.15, 0.2) is 5.78 Å². The van der Waals surface area contributed by atoms with Crippen LogP contribution in [-0.4, -0.2) is 78.2 Å². The zero-order valence-electron chi connectivity index (χ0n) is 31.9. The highest BCUT2D eigenvalue weighted by atomic mass is 32.2. The van der Waals surface area contributed by atoms with Crippen LogP contribution in [0, 0.1) is 50.7 Å². The molecule has 3 aliphatic carbocycles. The average molecular weight is 718 g/mol. The van der Waals surface area contributed by atoms with Crippen molar-refractivity contribution in [3.8, 4) is 0 Å². The van der Waals surface area contributed by atoms with Gasteiger partial charge in [0.25, 0.3) is 5.91 Å². The highest BCUT2D eigenvalue weighted by Gasteiger charge is 2.85. The maximum Gasteiger partial charge on any atom is 0.285 e. The molecule has 282 valence electrons. The zero-order valence-corrected chi connectivity index (χ0v) is 32.8. The molecule has 0 bridgehead atoms. The zero-order chi connectivity index (χ0) is 37.2. The van der Waals surface area contributed by atoms with E-state index in [1.807, 2.05) is 41.5 Å². The van der Waals surface area contributed by atoms with E-state index >= 15 is 0 Å². The quantitative estimate of drug-likeness (QED) is 0.239. The van der Waals surface area contributed by atoms with E-state index in [0.29, 0.717) is 38.3 Å². The van der Waals surface area contributed by atoms with E-state index < -0.39 is 45.0 Å². The summed E-state index contributed by atoms with van der Waals surface area (Å²) in [5.41, 5.74) is 4.34. The predicted molar refractivity (Wildman–Crippen MR) is 192 cm³/mol. The summed E-state index contributed by atoms with van der Waals surface area (Å²) in [5.74, 6) is -3.45. The largest absolute Gasteiger partial charge is 0.363 e. The summed E-state index contributed by atoms with van der Waals surface area (Å²) in [6.45, 7) is 17.6. The van der Waals surface area contributed by atoms with Crippen LogP contribution in [0.2, 0.25) is 0 Å². The third-order valence-electron chi connectivity index (χ3n) is 14.5. The highest BCUT2D eigenvalue weighted by molar-refractivity contribution is 7.89. The summed E-state index contributed by atoms with van der Waals surface area (Å²) in [4.78, 5) is 70.0. The molecule has 2 aliphatic heterocycles. The fraction of sp³-hybridized carbons (Fsp3) is 0.872. The fourth-order valence-corrected chi connectivity index (χ4v) is 12.0. The lowest BCUT2D eigenvalue weighted by atomic mass is 9.73. The number of ketones is 3. The van der Waals surface area contributed by atoms with Crippen LogP contribution in [0.4, 0.5) is 0 Å². The Labute approximate surface area is 300 Å². The molecule has 0 aromatic rings. The summed E-state index contributed by atoms with van der Waals surface area (Å²) in [6, 6.07) is -0.728. The minimum Gasteiger partial charge on any atom is -0.363 e. The molecule has 0 aromatic carbocycles. The van der Waals surface area contributed by atoms with Gasteiger partial charge >= 0.3 is 0 Å². The predicted octanol–water partition coefficient (Wildman–Crippen LogP) is 5.31. The van der Waals surface area contributed by atoms with Crippen LogP contribution in [0.5, 0.6) is 0 Å². The fourth-order valence-electron chi connectivity index (χ4n) is 10.4. The number of hydrogen-bond donors (Lipinski definition) is 1. The standard InChI is InChI=1S/C39H63N3O7S/c1-35(2,3)27(23-41-16-11-17-50(41,48)49)20-28(43)21-29(36(4,5)6)34(47)42-24-39(37(7,8)38(39)14-10-15-38)22-30(42)31(44)19-26(32(45)33(40)46)18-25-12-9-13-25/h25-27,29-30H,9-24H2,1-8H3,(H2,40,46)/t26?,27-,29-,30+,39?/m1/s1. The first-order chi connectivity index (χ1) is 23.0. The number of nitrogens with two attached hydrogens (primary N) is 1. The molecule has 0 radical (unpaired) electrons. The number of hydrogen-bond acceptors (Lipinski definition) is 7. The molecule has 2 amide bonds. The molecule has 2 saturated heterocycles. The SMILES string of the molecule is CC(C)(C)[C@H](CC(=O)C[C@H](C(=O)N1CC2(C[C@H]1C(=O)CC(CC1CCC1)C(=O)C(N)=O)C(C)(C)C21CCC1)C(C)(C)C)CN1CCCS1(=O)=O. The van der Waals surface area contributed by atoms with Gasteiger partial charge in [-0.3, -0.25) is 24.0 Å².